The smallest absolute Gasteiger partial charge is 0.407 e. The van der Waals surface area contributed by atoms with Gasteiger partial charge in [-0.25, -0.2) is 4.79 Å². The van der Waals surface area contributed by atoms with Gasteiger partial charge in [-0.2, -0.15) is 0 Å². The van der Waals surface area contributed by atoms with E-state index in [4.69, 9.17) is 16.7 Å². The highest BCUT2D eigenvalue weighted by molar-refractivity contribution is 6.67. The van der Waals surface area contributed by atoms with Gasteiger partial charge in [0.15, 0.2) is 0 Å². The Kier molecular flexibility index (Phi) is 6.18. The maximum Gasteiger partial charge on any atom is 0.407 e. The summed E-state index contributed by atoms with van der Waals surface area (Å²) in [6, 6.07) is 8.74. The predicted octanol–water partition coefficient (Wildman–Crippen LogP) is 1.64. The van der Waals surface area contributed by atoms with Crippen molar-refractivity contribution in [1.29, 1.82) is 0 Å². The number of piperazine rings is 1. The molecule has 1 amide bonds. The van der Waals surface area contributed by atoms with Gasteiger partial charge in [-0.3, -0.25) is 4.79 Å². The van der Waals surface area contributed by atoms with E-state index >= 15 is 0 Å². The highest BCUT2D eigenvalue weighted by atomic mass is 35.5. The Balaban J connectivity index is 0.000000180. The molecule has 6 heteroatoms. The average Bonchev–Trinajstić information content (AvgIpc) is 2.41. The summed E-state index contributed by atoms with van der Waals surface area (Å²) in [6.07, 6.45) is -0.809. The maximum absolute atomic E-state index is 10.4. The molecule has 1 aliphatic heterocycles. The first-order chi connectivity index (χ1) is 8.61. The van der Waals surface area contributed by atoms with Gasteiger partial charge < -0.3 is 15.3 Å². The number of hydrogen-bond acceptors (Lipinski definition) is 3. The maximum atomic E-state index is 10.4. The zero-order valence-corrected chi connectivity index (χ0v) is 10.6. The van der Waals surface area contributed by atoms with E-state index in [-0.39, 0.29) is 0 Å². The van der Waals surface area contributed by atoms with Crippen LogP contribution in [-0.2, 0) is 0 Å². The van der Waals surface area contributed by atoms with Crippen LogP contribution in [0.1, 0.15) is 10.4 Å². The van der Waals surface area contributed by atoms with Gasteiger partial charge in [-0.1, -0.05) is 30.3 Å². The van der Waals surface area contributed by atoms with Crippen LogP contribution in [0.4, 0.5) is 4.79 Å². The van der Waals surface area contributed by atoms with Crippen molar-refractivity contribution in [1.82, 2.24) is 10.2 Å². The molecule has 0 saturated carbocycles. The number of rotatable bonds is 1. The number of hydrogen-bond donors (Lipinski definition) is 2. The van der Waals surface area contributed by atoms with Crippen LogP contribution in [0.5, 0.6) is 0 Å². The SMILES string of the molecule is O=C(Cl)c1ccccc1.O=C(O)N1CCNCC1. The number of nitrogens with one attached hydrogen (secondary N) is 1. The van der Waals surface area contributed by atoms with Crippen molar-refractivity contribution in [3.63, 3.8) is 0 Å². The van der Waals surface area contributed by atoms with Crippen molar-refractivity contribution in [3.8, 4) is 0 Å². The second kappa shape index (κ2) is 7.68. The summed E-state index contributed by atoms with van der Waals surface area (Å²) in [5, 5.41) is 11.1. The molecule has 1 saturated heterocycles. The molecule has 18 heavy (non-hydrogen) atoms. The van der Waals surface area contributed by atoms with E-state index in [0.717, 1.165) is 13.1 Å². The second-order valence-corrected chi connectivity index (χ2v) is 4.00. The van der Waals surface area contributed by atoms with Gasteiger partial charge in [-0.15, -0.1) is 0 Å². The Hall–Kier alpha value is -1.59. The van der Waals surface area contributed by atoms with Crippen LogP contribution < -0.4 is 5.32 Å². The van der Waals surface area contributed by atoms with E-state index in [1.54, 1.807) is 24.3 Å². The summed E-state index contributed by atoms with van der Waals surface area (Å²) >= 11 is 5.16. The lowest BCUT2D eigenvalue weighted by Gasteiger charge is -2.23. The third-order valence-corrected chi connectivity index (χ3v) is 2.61. The summed E-state index contributed by atoms with van der Waals surface area (Å²) in [5.74, 6) is 0. The Bertz CT molecular complexity index is 392. The van der Waals surface area contributed by atoms with Gasteiger partial charge in [0.2, 0.25) is 0 Å². The zero-order chi connectivity index (χ0) is 13.4. The Labute approximate surface area is 110 Å². The molecule has 2 N–H and O–H groups in total. The third-order valence-electron chi connectivity index (χ3n) is 2.39. The molecule has 1 fully saturated rings. The van der Waals surface area contributed by atoms with E-state index in [9.17, 15) is 9.59 Å². The summed E-state index contributed by atoms with van der Waals surface area (Å²) < 4.78 is 0. The van der Waals surface area contributed by atoms with E-state index in [1.165, 1.54) is 4.90 Å². The molecule has 0 aromatic heterocycles. The molecule has 5 nitrogen and oxygen atoms in total. The minimum absolute atomic E-state index is 0.407. The van der Waals surface area contributed by atoms with Crippen molar-refractivity contribution in [2.24, 2.45) is 0 Å². The first-order valence-corrected chi connectivity index (χ1v) is 5.92. The molecule has 1 heterocycles. The second-order valence-electron chi connectivity index (χ2n) is 3.66. The number of carboxylic acid groups (broad SMARTS) is 1. The molecule has 1 aliphatic rings. The molecule has 0 aliphatic carbocycles. The summed E-state index contributed by atoms with van der Waals surface area (Å²) in [7, 11) is 0. The van der Waals surface area contributed by atoms with Crippen molar-refractivity contribution < 1.29 is 14.7 Å². The zero-order valence-electron chi connectivity index (χ0n) is 9.80. The van der Waals surface area contributed by atoms with Crippen LogP contribution in [0.3, 0.4) is 0 Å². The van der Waals surface area contributed by atoms with Crippen LogP contribution in [0, 0.1) is 0 Å². The van der Waals surface area contributed by atoms with Crippen LogP contribution in [0.2, 0.25) is 0 Å². The van der Waals surface area contributed by atoms with Crippen molar-refractivity contribution >= 4 is 22.9 Å². The molecule has 0 atom stereocenters. The number of benzene rings is 1. The quantitative estimate of drug-likeness (QED) is 0.761. The van der Waals surface area contributed by atoms with E-state index in [0.29, 0.717) is 18.7 Å². The van der Waals surface area contributed by atoms with Crippen LogP contribution >= 0.6 is 11.6 Å². The molecule has 98 valence electrons. The highest BCUT2D eigenvalue weighted by Gasteiger charge is 2.13. The molecular weight excluding hydrogens is 256 g/mol. The molecule has 0 bridgehead atoms. The highest BCUT2D eigenvalue weighted by Crippen LogP contribution is 2.01. The van der Waals surface area contributed by atoms with Crippen molar-refractivity contribution in [2.75, 3.05) is 26.2 Å². The number of halogens is 1. The molecule has 2 rings (SSSR count). The molecular formula is C12H15ClN2O3. The molecule has 1 aromatic rings. The van der Waals surface area contributed by atoms with Crippen molar-refractivity contribution in [3.05, 3.63) is 35.9 Å². The third kappa shape index (κ3) is 5.16. The number of carbonyl (C=O) groups is 2. The van der Waals surface area contributed by atoms with Crippen LogP contribution in [0.25, 0.3) is 0 Å². The number of amides is 1. The van der Waals surface area contributed by atoms with Gasteiger partial charge in [0.05, 0.1) is 0 Å². The fraction of sp³-hybridized carbons (Fsp3) is 0.333. The average molecular weight is 271 g/mol. The summed E-state index contributed by atoms with van der Waals surface area (Å²) in [5.41, 5.74) is 0.541. The lowest BCUT2D eigenvalue weighted by molar-refractivity contribution is 0.108. The Morgan fingerprint density at radius 1 is 1.17 bits per heavy atom. The van der Waals surface area contributed by atoms with Gasteiger partial charge in [0.1, 0.15) is 0 Å². The monoisotopic (exact) mass is 270 g/mol. The fourth-order valence-electron chi connectivity index (χ4n) is 1.43. The van der Waals surface area contributed by atoms with E-state index in [2.05, 4.69) is 5.32 Å². The molecule has 1 aromatic carbocycles. The topological polar surface area (TPSA) is 69.6 Å². The standard InChI is InChI=1S/C7H5ClO.C5H10N2O2/c8-7(9)6-4-2-1-3-5-6;8-5(9)7-3-1-6-2-4-7/h1-5H;6H,1-4H2,(H,8,9). The lowest BCUT2D eigenvalue weighted by atomic mass is 10.2. The molecule has 0 unspecified atom stereocenters. The number of nitrogens with zero attached hydrogens (tertiary/aromatic N) is 1. The molecule has 0 radical (unpaired) electrons. The first-order valence-electron chi connectivity index (χ1n) is 5.54. The van der Waals surface area contributed by atoms with Gasteiger partial charge >= 0.3 is 6.09 Å². The Morgan fingerprint density at radius 3 is 2.06 bits per heavy atom. The van der Waals surface area contributed by atoms with E-state index in [1.807, 2.05) is 6.07 Å². The first kappa shape index (κ1) is 14.5. The fourth-order valence-corrected chi connectivity index (χ4v) is 1.55. The lowest BCUT2D eigenvalue weighted by Crippen LogP contribution is -2.45. The van der Waals surface area contributed by atoms with Crippen LogP contribution in [0.15, 0.2) is 30.3 Å². The minimum Gasteiger partial charge on any atom is -0.465 e. The Morgan fingerprint density at radius 2 is 1.72 bits per heavy atom. The number of carbonyl (C=O) groups excluding carboxylic acids is 1. The summed E-state index contributed by atoms with van der Waals surface area (Å²) in [4.78, 5) is 22.1. The van der Waals surface area contributed by atoms with Crippen LogP contribution in [-0.4, -0.2) is 47.5 Å². The molecule has 0 spiro atoms. The van der Waals surface area contributed by atoms with Gasteiger partial charge in [0, 0.05) is 31.7 Å². The normalized spacial score (nSPS) is 14.4. The summed E-state index contributed by atoms with van der Waals surface area (Å²) in [6.45, 7) is 2.81. The van der Waals surface area contributed by atoms with E-state index < -0.39 is 11.3 Å². The predicted molar refractivity (Wildman–Crippen MR) is 69.1 cm³/mol. The minimum atomic E-state index is -0.809. The van der Waals surface area contributed by atoms with Crippen molar-refractivity contribution in [2.45, 2.75) is 0 Å². The largest absolute Gasteiger partial charge is 0.465 e. The van der Waals surface area contributed by atoms with Gasteiger partial charge in [-0.05, 0) is 11.6 Å². The van der Waals surface area contributed by atoms with Gasteiger partial charge in [0.25, 0.3) is 5.24 Å².